The average molecular weight is 248 g/mol. The Morgan fingerprint density at radius 2 is 1.82 bits per heavy atom. The molecule has 0 radical (unpaired) electrons. The molecule has 0 saturated carbocycles. The lowest BCUT2D eigenvalue weighted by Gasteiger charge is -2.15. The van der Waals surface area contributed by atoms with Crippen molar-refractivity contribution in [3.63, 3.8) is 0 Å². The van der Waals surface area contributed by atoms with Crippen molar-refractivity contribution < 1.29 is 4.79 Å². The third-order valence-corrected chi connectivity index (χ3v) is 2.48. The number of Topliss-reactive ketones (excluding diaryl/α,β-unsaturated/α-hetero) is 1. The second-order valence-corrected chi connectivity index (χ2v) is 5.24. The summed E-state index contributed by atoms with van der Waals surface area (Å²) in [6.07, 6.45) is 1.59. The van der Waals surface area contributed by atoms with E-state index in [2.05, 4.69) is 0 Å². The van der Waals surface area contributed by atoms with Gasteiger partial charge in [0.25, 0.3) is 0 Å². The zero-order valence-electron chi connectivity index (χ0n) is 10.1. The SMILES string of the molecule is CC(C)(C)C(=O)/C(C#N)=C/c1ccc(Cl)cc1. The summed E-state index contributed by atoms with van der Waals surface area (Å²) in [5, 5.41) is 9.64. The molecule has 0 bridgehead atoms. The predicted molar refractivity (Wildman–Crippen MR) is 69.5 cm³/mol. The van der Waals surface area contributed by atoms with Crippen LogP contribution in [0.4, 0.5) is 0 Å². The maximum absolute atomic E-state index is 12.0. The van der Waals surface area contributed by atoms with Gasteiger partial charge in [0.2, 0.25) is 0 Å². The summed E-state index contributed by atoms with van der Waals surface area (Å²) in [6.45, 7) is 5.38. The largest absolute Gasteiger partial charge is 0.293 e. The zero-order chi connectivity index (χ0) is 13.1. The Balaban J connectivity index is 3.08. The van der Waals surface area contributed by atoms with Gasteiger partial charge in [0.15, 0.2) is 5.78 Å². The Labute approximate surface area is 107 Å². The van der Waals surface area contributed by atoms with Crippen molar-refractivity contribution in [1.82, 2.24) is 0 Å². The van der Waals surface area contributed by atoms with Crippen LogP contribution in [-0.2, 0) is 4.79 Å². The van der Waals surface area contributed by atoms with Crippen LogP contribution >= 0.6 is 11.6 Å². The zero-order valence-corrected chi connectivity index (χ0v) is 10.9. The van der Waals surface area contributed by atoms with Crippen molar-refractivity contribution in [3.8, 4) is 6.07 Å². The van der Waals surface area contributed by atoms with E-state index in [9.17, 15) is 4.79 Å². The van der Waals surface area contributed by atoms with Crippen molar-refractivity contribution in [2.24, 2.45) is 5.41 Å². The third-order valence-electron chi connectivity index (χ3n) is 2.23. The molecule has 0 amide bonds. The van der Waals surface area contributed by atoms with Crippen LogP contribution in [0.3, 0.4) is 0 Å². The van der Waals surface area contributed by atoms with E-state index in [0.717, 1.165) is 5.56 Å². The van der Waals surface area contributed by atoms with E-state index < -0.39 is 5.41 Å². The molecular weight excluding hydrogens is 234 g/mol. The molecule has 0 aromatic heterocycles. The molecule has 88 valence electrons. The molecule has 0 heterocycles. The molecule has 0 N–H and O–H groups in total. The molecule has 0 saturated heterocycles. The number of benzene rings is 1. The van der Waals surface area contributed by atoms with Gasteiger partial charge in [0.05, 0.1) is 5.57 Å². The number of rotatable bonds is 2. The number of nitriles is 1. The first-order valence-corrected chi connectivity index (χ1v) is 5.64. The van der Waals surface area contributed by atoms with Crippen molar-refractivity contribution in [1.29, 1.82) is 5.26 Å². The standard InChI is InChI=1S/C14H14ClNO/c1-14(2,3)13(17)11(9-16)8-10-4-6-12(15)7-5-10/h4-8H,1-3H3/b11-8+. The number of ketones is 1. The van der Waals surface area contributed by atoms with Gasteiger partial charge in [0, 0.05) is 10.4 Å². The highest BCUT2D eigenvalue weighted by Crippen LogP contribution is 2.21. The van der Waals surface area contributed by atoms with E-state index >= 15 is 0 Å². The maximum atomic E-state index is 12.0. The van der Waals surface area contributed by atoms with Crippen LogP contribution in [0.15, 0.2) is 29.8 Å². The van der Waals surface area contributed by atoms with Crippen LogP contribution in [0.5, 0.6) is 0 Å². The summed E-state index contributed by atoms with van der Waals surface area (Å²) < 4.78 is 0. The summed E-state index contributed by atoms with van der Waals surface area (Å²) in [6, 6.07) is 8.95. The Hall–Kier alpha value is -1.59. The molecule has 0 spiro atoms. The first-order valence-electron chi connectivity index (χ1n) is 5.27. The van der Waals surface area contributed by atoms with Gasteiger partial charge in [-0.2, -0.15) is 5.26 Å². The predicted octanol–water partition coefficient (Wildman–Crippen LogP) is 3.86. The molecule has 0 aliphatic rings. The molecule has 0 fully saturated rings. The van der Waals surface area contributed by atoms with Crippen LogP contribution in [0.2, 0.25) is 5.02 Å². The molecular formula is C14H14ClNO. The molecule has 3 heteroatoms. The van der Waals surface area contributed by atoms with Gasteiger partial charge in [0.1, 0.15) is 6.07 Å². The van der Waals surface area contributed by atoms with Crippen molar-refractivity contribution in [2.45, 2.75) is 20.8 Å². The van der Waals surface area contributed by atoms with Gasteiger partial charge < -0.3 is 0 Å². The molecule has 1 rings (SSSR count). The normalized spacial score (nSPS) is 12.1. The second kappa shape index (κ2) is 5.16. The molecule has 0 atom stereocenters. The van der Waals surface area contributed by atoms with Crippen LogP contribution in [0.25, 0.3) is 6.08 Å². The lowest BCUT2D eigenvalue weighted by molar-refractivity contribution is -0.121. The second-order valence-electron chi connectivity index (χ2n) is 4.80. The highest BCUT2D eigenvalue weighted by molar-refractivity contribution is 6.30. The molecule has 0 aliphatic heterocycles. The number of allylic oxidation sites excluding steroid dienone is 1. The minimum atomic E-state index is -0.548. The van der Waals surface area contributed by atoms with E-state index in [1.807, 2.05) is 6.07 Å². The fraction of sp³-hybridized carbons (Fsp3) is 0.286. The molecule has 17 heavy (non-hydrogen) atoms. The highest BCUT2D eigenvalue weighted by atomic mass is 35.5. The van der Waals surface area contributed by atoms with Crippen molar-refractivity contribution in [3.05, 3.63) is 40.4 Å². The molecule has 1 aromatic carbocycles. The van der Waals surface area contributed by atoms with E-state index in [-0.39, 0.29) is 11.4 Å². The Bertz CT molecular complexity index is 486. The topological polar surface area (TPSA) is 40.9 Å². The summed E-state index contributed by atoms with van der Waals surface area (Å²) in [5.74, 6) is -0.157. The number of halogens is 1. The van der Waals surface area contributed by atoms with Gasteiger partial charge in [-0.3, -0.25) is 4.79 Å². The minimum Gasteiger partial charge on any atom is -0.293 e. The van der Waals surface area contributed by atoms with E-state index in [4.69, 9.17) is 16.9 Å². The minimum absolute atomic E-state index is 0.157. The summed E-state index contributed by atoms with van der Waals surface area (Å²) in [7, 11) is 0. The molecule has 1 aromatic rings. The van der Waals surface area contributed by atoms with E-state index in [0.29, 0.717) is 5.02 Å². The lowest BCUT2D eigenvalue weighted by Crippen LogP contribution is -2.21. The maximum Gasteiger partial charge on any atom is 0.178 e. The van der Waals surface area contributed by atoms with Gasteiger partial charge in [-0.15, -0.1) is 0 Å². The van der Waals surface area contributed by atoms with Gasteiger partial charge in [-0.1, -0.05) is 44.5 Å². The number of carbonyl (C=O) groups is 1. The monoisotopic (exact) mass is 247 g/mol. The van der Waals surface area contributed by atoms with Gasteiger partial charge in [-0.05, 0) is 23.8 Å². The first-order chi connectivity index (χ1) is 7.84. The number of nitrogens with zero attached hydrogens (tertiary/aromatic N) is 1. The number of hydrogen-bond acceptors (Lipinski definition) is 2. The summed E-state index contributed by atoms with van der Waals surface area (Å²) in [4.78, 5) is 12.0. The van der Waals surface area contributed by atoms with Crippen molar-refractivity contribution >= 4 is 23.5 Å². The highest BCUT2D eigenvalue weighted by Gasteiger charge is 2.24. The summed E-state index contributed by atoms with van der Waals surface area (Å²) >= 11 is 5.76. The van der Waals surface area contributed by atoms with Crippen molar-refractivity contribution in [2.75, 3.05) is 0 Å². The smallest absolute Gasteiger partial charge is 0.178 e. The van der Waals surface area contributed by atoms with E-state index in [1.54, 1.807) is 51.1 Å². The van der Waals surface area contributed by atoms with Gasteiger partial charge in [-0.25, -0.2) is 0 Å². The fourth-order valence-electron chi connectivity index (χ4n) is 1.28. The average Bonchev–Trinajstić information content (AvgIpc) is 2.26. The molecule has 0 aliphatic carbocycles. The Morgan fingerprint density at radius 3 is 2.24 bits per heavy atom. The number of carbonyl (C=O) groups excluding carboxylic acids is 1. The van der Waals surface area contributed by atoms with Crippen LogP contribution < -0.4 is 0 Å². The van der Waals surface area contributed by atoms with E-state index in [1.165, 1.54) is 0 Å². The fourth-order valence-corrected chi connectivity index (χ4v) is 1.40. The van der Waals surface area contributed by atoms with Crippen LogP contribution in [0, 0.1) is 16.7 Å². The van der Waals surface area contributed by atoms with Crippen LogP contribution in [0.1, 0.15) is 26.3 Å². The quantitative estimate of drug-likeness (QED) is 0.588. The third kappa shape index (κ3) is 3.72. The Kier molecular flexibility index (Phi) is 4.09. The lowest BCUT2D eigenvalue weighted by atomic mass is 9.86. The van der Waals surface area contributed by atoms with Gasteiger partial charge >= 0.3 is 0 Å². The molecule has 2 nitrogen and oxygen atoms in total. The number of hydrogen-bond donors (Lipinski definition) is 0. The van der Waals surface area contributed by atoms with Crippen LogP contribution in [-0.4, -0.2) is 5.78 Å². The first kappa shape index (κ1) is 13.5. The molecule has 0 unspecified atom stereocenters. The Morgan fingerprint density at radius 1 is 1.29 bits per heavy atom. The summed E-state index contributed by atoms with van der Waals surface area (Å²) in [5.41, 5.74) is 0.414.